The summed E-state index contributed by atoms with van der Waals surface area (Å²) in [5.74, 6) is 10.3. The molecule has 2 aliphatic carbocycles. The Morgan fingerprint density at radius 1 is 0.495 bits per heavy atom. The van der Waals surface area contributed by atoms with Gasteiger partial charge in [0, 0.05) is 120 Å². The average Bonchev–Trinajstić information content (AvgIpc) is 1.65. The van der Waals surface area contributed by atoms with E-state index in [1.165, 1.54) is 26.4 Å². The molecule has 2 aromatic heterocycles. The maximum Gasteiger partial charge on any atom is 0.410 e. The molecule has 0 atom stereocenters. The van der Waals surface area contributed by atoms with Crippen molar-refractivity contribution in [3.63, 3.8) is 0 Å². The summed E-state index contributed by atoms with van der Waals surface area (Å²) < 4.78 is 44.6. The zero-order chi connectivity index (χ0) is 75.6. The van der Waals surface area contributed by atoms with Gasteiger partial charge in [-0.3, -0.25) is 9.59 Å². The van der Waals surface area contributed by atoms with Crippen LogP contribution in [-0.4, -0.2) is 144 Å². The molecule has 0 radical (unpaired) electrons. The smallest absolute Gasteiger partial charge is 0.410 e. The minimum Gasteiger partial charge on any atom is -0.489 e. The third-order valence-corrected chi connectivity index (χ3v) is 19.0. The third-order valence-electron chi connectivity index (χ3n) is 16.7. The first-order valence-corrected chi connectivity index (χ1v) is 36.4. The number of esters is 2. The molecule has 2 aliphatic heterocycles. The highest BCUT2D eigenvalue weighted by Gasteiger charge is 2.37. The van der Waals surface area contributed by atoms with E-state index in [9.17, 15) is 28.8 Å². The summed E-state index contributed by atoms with van der Waals surface area (Å²) in [4.78, 5) is 81.6. The number of hydrogen-bond donors (Lipinski definition) is 0. The number of carbonyl (C=O) groups excluding carboxylic acids is 6. The van der Waals surface area contributed by atoms with E-state index in [0.717, 1.165) is 48.3 Å². The number of nitrogens with zero attached hydrogens (tertiary/aromatic N) is 6. The van der Waals surface area contributed by atoms with Gasteiger partial charge in [0.25, 0.3) is 11.8 Å². The Labute approximate surface area is 646 Å². The van der Waals surface area contributed by atoms with E-state index in [1.807, 2.05) is 20.8 Å². The standard InChI is InChI=1S/C39H36Cl3N3O7.C21H14Cl3NO2.C18H23BrN2O5/c1-39(2,3)51-38(48)45-16-14-44(15-17-45)36(46)26-18-23(19-27(20-26)37(47)49-4)8-9-24-12-13-28(21-32(24)42)50-22-29-34(43-52-35(29)25-10-11-25)33-30(40)6-5-7-31(33)41;1-2-12-8-9-14(10-18(12)24)26-11-15-20(25-27-21(15)13-6-7-13)19-16(22)4-3-5-17(19)23;1-18(2,3)26-17(24)21-7-5-20(6-8-21)15(22)12-9-13(16(23)25-4)11-14(19)10-12/h5-7,12-13,18-21,25H,10-11,14-17,22H2,1-4H3;1,3-5,8-10,13H,6-7,11H2;9-11H,5-8H2,1-4H3. The van der Waals surface area contributed by atoms with Crippen LogP contribution in [0.15, 0.2) is 123 Å². The van der Waals surface area contributed by atoms with Gasteiger partial charge in [0.05, 0.1) is 66.6 Å². The molecule has 4 heterocycles. The second-order valence-electron chi connectivity index (χ2n) is 26.8. The molecule has 2 saturated heterocycles. The Balaban J connectivity index is 0.000000187. The van der Waals surface area contributed by atoms with Crippen molar-refractivity contribution >= 4 is 121 Å². The van der Waals surface area contributed by atoms with Gasteiger partial charge in [0.2, 0.25) is 0 Å². The van der Waals surface area contributed by atoms with Gasteiger partial charge in [-0.1, -0.05) is 126 Å². The lowest BCUT2D eigenvalue weighted by molar-refractivity contribution is 0.0136. The minimum absolute atomic E-state index is 0.154. The monoisotopic (exact) mass is 1610 g/mol. The van der Waals surface area contributed by atoms with Crippen molar-refractivity contribution in [2.45, 2.75) is 103 Å². The van der Waals surface area contributed by atoms with E-state index in [0.29, 0.717) is 155 Å². The molecule has 27 heteroatoms. The second kappa shape index (κ2) is 34.6. The predicted octanol–water partition coefficient (Wildman–Crippen LogP) is 18.3. The van der Waals surface area contributed by atoms with Crippen molar-refractivity contribution in [2.75, 3.05) is 66.6 Å². The Morgan fingerprint density at radius 2 is 0.867 bits per heavy atom. The number of halogens is 7. The molecule has 2 saturated carbocycles. The van der Waals surface area contributed by atoms with E-state index in [-0.39, 0.29) is 48.2 Å². The average molecular weight is 1610 g/mol. The van der Waals surface area contributed by atoms with Crippen LogP contribution in [-0.2, 0) is 32.2 Å². The highest BCUT2D eigenvalue weighted by molar-refractivity contribution is 9.10. The molecule has 4 aliphatic rings. The van der Waals surface area contributed by atoms with Crippen LogP contribution in [0.2, 0.25) is 30.1 Å². The third kappa shape index (κ3) is 20.6. The molecule has 0 spiro atoms. The number of piperazine rings is 2. The number of methoxy groups -OCH3 is 2. The summed E-state index contributed by atoms with van der Waals surface area (Å²) >= 11 is 41.9. The van der Waals surface area contributed by atoms with Gasteiger partial charge in [0.1, 0.15) is 58.8 Å². The first-order valence-electron chi connectivity index (χ1n) is 33.4. The zero-order valence-electron chi connectivity index (χ0n) is 58.6. The van der Waals surface area contributed by atoms with E-state index in [4.69, 9.17) is 113 Å². The van der Waals surface area contributed by atoms with Gasteiger partial charge in [0.15, 0.2) is 0 Å². The highest BCUT2D eigenvalue weighted by Crippen LogP contribution is 2.48. The number of benzene rings is 6. The molecule has 6 aromatic carbocycles. The largest absolute Gasteiger partial charge is 0.489 e. The molecule has 12 rings (SSSR count). The van der Waals surface area contributed by atoms with Crippen molar-refractivity contribution < 1.29 is 66.2 Å². The number of amides is 4. The van der Waals surface area contributed by atoms with Crippen LogP contribution in [0.1, 0.15) is 160 Å². The van der Waals surface area contributed by atoms with E-state index < -0.39 is 29.2 Å². The molecule has 0 unspecified atom stereocenters. The van der Waals surface area contributed by atoms with Gasteiger partial charge in [-0.25, -0.2) is 19.2 Å². The normalized spacial score (nSPS) is 14.2. The first kappa shape index (κ1) is 78.7. The summed E-state index contributed by atoms with van der Waals surface area (Å²) in [5.41, 5.74) is 5.54. The fourth-order valence-corrected chi connectivity index (χ4v) is 13.2. The molecular formula is C78H73BrCl6N6O14. The quantitative estimate of drug-likeness (QED) is 0.0561. The SMILES string of the molecule is C#Cc1ccc(OCc2c(-c3c(Cl)cccc3Cl)noc2C2CC2)cc1Cl.COC(=O)c1cc(Br)cc(C(=O)N2CCN(C(=O)OC(C)(C)C)CC2)c1.COC(=O)c1cc(C#Cc2ccc(OCc3c(-c4c(Cl)cccc4Cl)noc3C3CC3)cc2Cl)cc(C(=O)N2CCN(C(=O)OC(C)(C)C)CC2)c1. The minimum atomic E-state index is -0.619. The molecule has 105 heavy (non-hydrogen) atoms. The van der Waals surface area contributed by atoms with Crippen LogP contribution in [0.5, 0.6) is 11.5 Å². The summed E-state index contributed by atoms with van der Waals surface area (Å²) in [6.45, 7) is 14.1. The van der Waals surface area contributed by atoms with E-state index >= 15 is 0 Å². The van der Waals surface area contributed by atoms with Gasteiger partial charge >= 0.3 is 24.1 Å². The van der Waals surface area contributed by atoms with Crippen LogP contribution >= 0.6 is 85.5 Å². The fourth-order valence-electron chi connectivity index (χ4n) is 11.1. The van der Waals surface area contributed by atoms with Crippen molar-refractivity contribution in [1.29, 1.82) is 0 Å². The number of rotatable bonds is 14. The maximum atomic E-state index is 13.6. The lowest BCUT2D eigenvalue weighted by Gasteiger charge is -2.35. The summed E-state index contributed by atoms with van der Waals surface area (Å²) in [7, 11) is 2.56. The summed E-state index contributed by atoms with van der Waals surface area (Å²) in [5, 5.41) is 11.3. The Bertz CT molecular complexity index is 4680. The van der Waals surface area contributed by atoms with E-state index in [2.05, 4.69) is 44.0 Å². The van der Waals surface area contributed by atoms with Crippen LogP contribution in [0.4, 0.5) is 9.59 Å². The molecule has 8 aromatic rings. The first-order chi connectivity index (χ1) is 50.0. The zero-order valence-corrected chi connectivity index (χ0v) is 64.7. The van der Waals surface area contributed by atoms with Crippen LogP contribution in [0.3, 0.4) is 0 Å². The summed E-state index contributed by atoms with van der Waals surface area (Å²) in [6, 6.07) is 30.4. The fraction of sp³-hybridized carbons (Fsp3) is 0.333. The Kier molecular flexibility index (Phi) is 25.9. The number of ether oxygens (including phenoxy) is 6. The number of terminal acetylenes is 1. The molecule has 4 fully saturated rings. The van der Waals surface area contributed by atoms with Gasteiger partial charge in [-0.15, -0.1) is 6.42 Å². The van der Waals surface area contributed by atoms with Gasteiger partial charge in [-0.2, -0.15) is 0 Å². The van der Waals surface area contributed by atoms with Crippen molar-refractivity contribution in [3.8, 4) is 58.2 Å². The van der Waals surface area contributed by atoms with Crippen LogP contribution in [0.25, 0.3) is 22.5 Å². The van der Waals surface area contributed by atoms with Gasteiger partial charge < -0.3 is 57.1 Å². The Morgan fingerprint density at radius 3 is 1.25 bits per heavy atom. The van der Waals surface area contributed by atoms with E-state index in [1.54, 1.807) is 137 Å². The van der Waals surface area contributed by atoms with Gasteiger partial charge in [-0.05, 0) is 152 Å². The number of hydrogen-bond acceptors (Lipinski definition) is 16. The highest BCUT2D eigenvalue weighted by atomic mass is 79.9. The topological polar surface area (TPSA) is 223 Å². The molecule has 20 nitrogen and oxygen atoms in total. The van der Waals surface area contributed by atoms with Crippen molar-refractivity contribution in [3.05, 3.63) is 205 Å². The predicted molar refractivity (Wildman–Crippen MR) is 404 cm³/mol. The lowest BCUT2D eigenvalue weighted by Crippen LogP contribution is -2.51. The second-order valence-corrected chi connectivity index (χ2v) is 30.1. The molecule has 548 valence electrons. The molecular weight excluding hydrogens is 1540 g/mol. The van der Waals surface area contributed by atoms with Crippen molar-refractivity contribution in [1.82, 2.24) is 29.9 Å². The summed E-state index contributed by atoms with van der Waals surface area (Å²) in [6.07, 6.45) is 8.75. The number of aromatic nitrogens is 2. The van der Waals surface area contributed by atoms with Crippen molar-refractivity contribution in [2.24, 2.45) is 0 Å². The van der Waals surface area contributed by atoms with Crippen LogP contribution < -0.4 is 9.47 Å². The molecule has 4 amide bonds. The molecule has 0 N–H and O–H groups in total. The Hall–Kier alpha value is -8.90. The lowest BCUT2D eigenvalue weighted by atomic mass is 10.0. The maximum absolute atomic E-state index is 13.6. The van der Waals surface area contributed by atoms with Crippen LogP contribution in [0, 0.1) is 24.2 Å². The number of carbonyl (C=O) groups is 6. The molecule has 0 bridgehead atoms.